The molecule has 8 nitrogen and oxygen atoms in total. The van der Waals surface area contributed by atoms with E-state index < -0.39 is 0 Å². The van der Waals surface area contributed by atoms with Crippen molar-refractivity contribution in [1.29, 1.82) is 0 Å². The van der Waals surface area contributed by atoms with Crippen LogP contribution in [0.2, 0.25) is 0 Å². The summed E-state index contributed by atoms with van der Waals surface area (Å²) in [6.07, 6.45) is 1.47. The van der Waals surface area contributed by atoms with Gasteiger partial charge in [-0.05, 0) is 68.3 Å². The Labute approximate surface area is 225 Å². The van der Waals surface area contributed by atoms with Crippen LogP contribution in [0.1, 0.15) is 62.8 Å². The van der Waals surface area contributed by atoms with Gasteiger partial charge in [-0.25, -0.2) is 4.68 Å². The molecular weight excluding hydrogens is 480 g/mol. The van der Waals surface area contributed by atoms with E-state index in [1.54, 1.807) is 28.5 Å². The zero-order valence-corrected chi connectivity index (χ0v) is 23.3. The largest absolute Gasteiger partial charge is 0.497 e. The number of anilines is 2. The molecule has 0 unspecified atom stereocenters. The molecule has 0 saturated carbocycles. The predicted octanol–water partition coefficient (Wildman–Crippen LogP) is 5.88. The van der Waals surface area contributed by atoms with Crippen molar-refractivity contribution in [2.75, 3.05) is 36.6 Å². The number of benzene rings is 2. The molecule has 0 spiro atoms. The van der Waals surface area contributed by atoms with Gasteiger partial charge in [-0.15, -0.1) is 0 Å². The van der Waals surface area contributed by atoms with Crippen molar-refractivity contribution in [2.45, 2.75) is 47.5 Å². The predicted molar refractivity (Wildman–Crippen MR) is 152 cm³/mol. The zero-order valence-electron chi connectivity index (χ0n) is 23.3. The minimum atomic E-state index is -0.153. The smallest absolute Gasteiger partial charge is 0.277 e. The minimum absolute atomic E-state index is 0.00580. The van der Waals surface area contributed by atoms with Crippen LogP contribution < -0.4 is 14.5 Å². The molecule has 0 N–H and O–H groups in total. The second-order valence-electron chi connectivity index (χ2n) is 8.54. The fraction of sp³-hybridized carbons (Fsp3) is 0.367. The first-order valence-electron chi connectivity index (χ1n) is 13.2. The van der Waals surface area contributed by atoms with E-state index in [1.165, 1.54) is 0 Å². The molecule has 1 aromatic heterocycles. The average molecular weight is 519 g/mol. The minimum Gasteiger partial charge on any atom is -0.497 e. The van der Waals surface area contributed by atoms with Crippen LogP contribution in [0.15, 0.2) is 55.1 Å². The standard InChI is InChI=1S/C28H32N4O4.C2H6/c1-6-17-30(20(4)33)21-8-10-22(11-9-21)31-18-16-25-26(19(3)36-7-2)29-32(27(25)28(31)34)23-12-14-24(35-5)15-13-23;1-2/h8-15H,3,6-7,16-18H2,1-2,4-5H3;1-2H3. The molecule has 0 saturated heterocycles. The van der Waals surface area contributed by atoms with Gasteiger partial charge < -0.3 is 19.3 Å². The number of rotatable bonds is 9. The van der Waals surface area contributed by atoms with E-state index in [9.17, 15) is 9.59 Å². The molecule has 2 heterocycles. The number of ether oxygens (including phenoxy) is 2. The van der Waals surface area contributed by atoms with Crippen LogP contribution in [0, 0.1) is 0 Å². The highest BCUT2D eigenvalue weighted by Gasteiger charge is 2.34. The Bertz CT molecular complexity index is 1260. The van der Waals surface area contributed by atoms with Gasteiger partial charge in [0.2, 0.25) is 5.91 Å². The fourth-order valence-electron chi connectivity index (χ4n) is 4.49. The third-order valence-electron chi connectivity index (χ3n) is 6.22. The molecule has 4 rings (SSSR count). The monoisotopic (exact) mass is 518 g/mol. The number of nitrogens with zero attached hydrogens (tertiary/aromatic N) is 4. The lowest BCUT2D eigenvalue weighted by molar-refractivity contribution is -0.116. The molecule has 0 atom stereocenters. The Morgan fingerprint density at radius 1 is 1.05 bits per heavy atom. The Morgan fingerprint density at radius 2 is 1.68 bits per heavy atom. The van der Waals surface area contributed by atoms with Crippen LogP contribution in [-0.2, 0) is 16.0 Å². The third-order valence-corrected chi connectivity index (χ3v) is 6.22. The Balaban J connectivity index is 0.00000195. The van der Waals surface area contributed by atoms with Crippen LogP contribution in [0.3, 0.4) is 0 Å². The number of aromatic nitrogens is 2. The van der Waals surface area contributed by atoms with Crippen LogP contribution in [0.25, 0.3) is 11.4 Å². The molecule has 8 heteroatoms. The van der Waals surface area contributed by atoms with Gasteiger partial charge in [0.15, 0.2) is 0 Å². The number of hydrogen-bond donors (Lipinski definition) is 0. The lowest BCUT2D eigenvalue weighted by Gasteiger charge is -2.28. The van der Waals surface area contributed by atoms with Crippen molar-refractivity contribution in [1.82, 2.24) is 9.78 Å². The maximum atomic E-state index is 13.9. The topological polar surface area (TPSA) is 76.9 Å². The van der Waals surface area contributed by atoms with Gasteiger partial charge in [0.25, 0.3) is 5.91 Å². The quantitative estimate of drug-likeness (QED) is 0.331. The summed E-state index contributed by atoms with van der Waals surface area (Å²) in [5.74, 6) is 1.01. The van der Waals surface area contributed by atoms with Crippen LogP contribution >= 0.6 is 0 Å². The maximum Gasteiger partial charge on any atom is 0.277 e. The van der Waals surface area contributed by atoms with Gasteiger partial charge in [-0.2, -0.15) is 5.10 Å². The molecule has 38 heavy (non-hydrogen) atoms. The molecule has 0 aliphatic carbocycles. The number of hydrogen-bond acceptors (Lipinski definition) is 5. The Morgan fingerprint density at radius 3 is 2.24 bits per heavy atom. The van der Waals surface area contributed by atoms with E-state index in [2.05, 4.69) is 6.58 Å². The first-order valence-corrected chi connectivity index (χ1v) is 13.2. The van der Waals surface area contributed by atoms with Crippen molar-refractivity contribution in [2.24, 2.45) is 0 Å². The highest BCUT2D eigenvalue weighted by Crippen LogP contribution is 2.32. The highest BCUT2D eigenvalue weighted by atomic mass is 16.5. The summed E-state index contributed by atoms with van der Waals surface area (Å²) in [5, 5.41) is 4.75. The molecule has 0 radical (unpaired) electrons. The summed E-state index contributed by atoms with van der Waals surface area (Å²) in [6, 6.07) is 14.9. The molecule has 0 fully saturated rings. The second-order valence-corrected chi connectivity index (χ2v) is 8.54. The Hall–Kier alpha value is -4.07. The summed E-state index contributed by atoms with van der Waals surface area (Å²) in [6.45, 7) is 15.1. The van der Waals surface area contributed by atoms with E-state index in [-0.39, 0.29) is 11.8 Å². The van der Waals surface area contributed by atoms with Crippen molar-refractivity contribution in [3.63, 3.8) is 0 Å². The lowest BCUT2D eigenvalue weighted by atomic mass is 10.0. The van der Waals surface area contributed by atoms with E-state index in [0.717, 1.165) is 34.8 Å². The van der Waals surface area contributed by atoms with Crippen LogP contribution in [-0.4, -0.2) is 48.4 Å². The van der Waals surface area contributed by atoms with Gasteiger partial charge in [-0.1, -0.05) is 27.4 Å². The van der Waals surface area contributed by atoms with Crippen LogP contribution in [0.5, 0.6) is 5.75 Å². The number of carbonyl (C=O) groups is 2. The average Bonchev–Trinajstić information content (AvgIpc) is 3.34. The highest BCUT2D eigenvalue weighted by molar-refractivity contribution is 6.08. The molecule has 2 amide bonds. The van der Waals surface area contributed by atoms with Gasteiger partial charge in [0, 0.05) is 37.0 Å². The summed E-state index contributed by atoms with van der Waals surface area (Å²) in [7, 11) is 1.61. The Kier molecular flexibility index (Phi) is 9.71. The summed E-state index contributed by atoms with van der Waals surface area (Å²) >= 11 is 0. The van der Waals surface area contributed by atoms with Crippen molar-refractivity contribution in [3.05, 3.63) is 72.1 Å². The van der Waals surface area contributed by atoms with Crippen molar-refractivity contribution < 1.29 is 19.1 Å². The summed E-state index contributed by atoms with van der Waals surface area (Å²) in [4.78, 5) is 29.4. The van der Waals surface area contributed by atoms with Crippen molar-refractivity contribution in [3.8, 4) is 11.4 Å². The molecule has 202 valence electrons. The first kappa shape index (κ1) is 28.5. The van der Waals surface area contributed by atoms with E-state index in [4.69, 9.17) is 14.6 Å². The maximum absolute atomic E-state index is 13.9. The summed E-state index contributed by atoms with van der Waals surface area (Å²) in [5.41, 5.74) is 4.24. The van der Waals surface area contributed by atoms with Gasteiger partial charge in [0.05, 0.1) is 19.4 Å². The SMILES string of the molecule is C=C(OCC)c1nn(-c2ccc(OC)cc2)c2c1CCN(c1ccc(N(CCC)C(C)=O)cc1)C2=O.CC. The molecule has 0 bridgehead atoms. The van der Waals surface area contributed by atoms with E-state index >= 15 is 0 Å². The molecule has 3 aromatic rings. The normalized spacial score (nSPS) is 12.3. The molecule has 2 aromatic carbocycles. The number of fused-ring (bicyclic) bond motifs is 1. The lowest BCUT2D eigenvalue weighted by Crippen LogP contribution is -2.39. The zero-order chi connectivity index (χ0) is 27.8. The second kappa shape index (κ2) is 12.9. The molecule has 1 aliphatic rings. The van der Waals surface area contributed by atoms with Crippen LogP contribution in [0.4, 0.5) is 11.4 Å². The molecular formula is C30H38N4O4. The van der Waals surface area contributed by atoms with Gasteiger partial charge in [0.1, 0.15) is 22.9 Å². The third kappa shape index (κ3) is 5.74. The van der Waals surface area contributed by atoms with Gasteiger partial charge >= 0.3 is 0 Å². The van der Waals surface area contributed by atoms with Crippen molar-refractivity contribution >= 4 is 28.9 Å². The number of carbonyl (C=O) groups excluding carboxylic acids is 2. The van der Waals surface area contributed by atoms with E-state index in [1.807, 2.05) is 76.2 Å². The number of methoxy groups -OCH3 is 1. The van der Waals surface area contributed by atoms with Gasteiger partial charge in [-0.3, -0.25) is 9.59 Å². The fourth-order valence-corrected chi connectivity index (χ4v) is 4.49. The van der Waals surface area contributed by atoms with E-state index in [0.29, 0.717) is 43.3 Å². The summed E-state index contributed by atoms with van der Waals surface area (Å²) < 4.78 is 12.6. The molecule has 1 aliphatic heterocycles. The number of amides is 2. The first-order chi connectivity index (χ1) is 18.4.